The quantitative estimate of drug-likeness (QED) is 0.898. The number of rotatable bonds is 5. The van der Waals surface area contributed by atoms with Crippen LogP contribution in [0.1, 0.15) is 58.7 Å². The summed E-state index contributed by atoms with van der Waals surface area (Å²) >= 11 is 0. The summed E-state index contributed by atoms with van der Waals surface area (Å²) in [6.45, 7) is 9.95. The Labute approximate surface area is 125 Å². The van der Waals surface area contributed by atoms with Gasteiger partial charge in [-0.05, 0) is 19.4 Å². The second-order valence-corrected chi connectivity index (χ2v) is 7.05. The average molecular weight is 295 g/mol. The highest BCUT2D eigenvalue weighted by atomic mass is 16.4. The Hall–Kier alpha value is -1.43. The SMILES string of the molecule is CCCC1(C(=O)O)CCN(Cc2nnc(C(C)(C)C)o2)C1. The molecule has 1 saturated heterocycles. The highest BCUT2D eigenvalue weighted by Crippen LogP contribution is 2.36. The van der Waals surface area contributed by atoms with Crippen LogP contribution in [0.4, 0.5) is 0 Å². The molecule has 1 atom stereocenters. The first-order valence-electron chi connectivity index (χ1n) is 7.55. The smallest absolute Gasteiger partial charge is 0.310 e. The van der Waals surface area contributed by atoms with Gasteiger partial charge >= 0.3 is 5.97 Å². The molecule has 0 amide bonds. The van der Waals surface area contributed by atoms with Crippen LogP contribution in [0.5, 0.6) is 0 Å². The van der Waals surface area contributed by atoms with E-state index in [1.807, 2.05) is 27.7 Å². The van der Waals surface area contributed by atoms with Crippen molar-refractivity contribution in [1.29, 1.82) is 0 Å². The normalized spacial score (nSPS) is 23.6. The van der Waals surface area contributed by atoms with Crippen molar-refractivity contribution >= 4 is 5.97 Å². The molecule has 6 heteroatoms. The molecule has 0 radical (unpaired) electrons. The Kier molecular flexibility index (Phi) is 4.37. The van der Waals surface area contributed by atoms with Crippen LogP contribution in [0.3, 0.4) is 0 Å². The molecule has 0 bridgehead atoms. The van der Waals surface area contributed by atoms with Gasteiger partial charge in [0.1, 0.15) is 0 Å². The molecule has 21 heavy (non-hydrogen) atoms. The van der Waals surface area contributed by atoms with Crippen molar-refractivity contribution in [1.82, 2.24) is 15.1 Å². The van der Waals surface area contributed by atoms with E-state index in [2.05, 4.69) is 15.1 Å². The zero-order valence-electron chi connectivity index (χ0n) is 13.3. The van der Waals surface area contributed by atoms with Gasteiger partial charge in [0.05, 0.1) is 12.0 Å². The number of aromatic nitrogens is 2. The maximum atomic E-state index is 11.6. The minimum Gasteiger partial charge on any atom is -0.481 e. The molecule has 2 rings (SSSR count). The average Bonchev–Trinajstić information content (AvgIpc) is 2.98. The lowest BCUT2D eigenvalue weighted by atomic mass is 9.83. The molecule has 0 aliphatic carbocycles. The molecular formula is C15H25N3O3. The Morgan fingerprint density at radius 1 is 1.43 bits per heavy atom. The third-order valence-electron chi connectivity index (χ3n) is 4.08. The van der Waals surface area contributed by atoms with E-state index >= 15 is 0 Å². The number of aliphatic carboxylic acids is 1. The summed E-state index contributed by atoms with van der Waals surface area (Å²) in [5.74, 6) is 0.500. The van der Waals surface area contributed by atoms with Crippen LogP contribution in [-0.2, 0) is 16.8 Å². The highest BCUT2D eigenvalue weighted by Gasteiger charge is 2.44. The molecule has 0 spiro atoms. The van der Waals surface area contributed by atoms with Gasteiger partial charge in [0, 0.05) is 12.0 Å². The Morgan fingerprint density at radius 3 is 2.67 bits per heavy atom. The Balaban J connectivity index is 2.02. The predicted octanol–water partition coefficient (Wildman–Crippen LogP) is 2.44. The van der Waals surface area contributed by atoms with Gasteiger partial charge in [-0.25, -0.2) is 0 Å². The first-order chi connectivity index (χ1) is 9.77. The largest absolute Gasteiger partial charge is 0.481 e. The molecule has 1 aromatic rings. The third-order valence-corrected chi connectivity index (χ3v) is 4.08. The number of carboxylic acids is 1. The van der Waals surface area contributed by atoms with Crippen LogP contribution in [-0.4, -0.2) is 39.3 Å². The molecule has 0 aromatic carbocycles. The topological polar surface area (TPSA) is 79.5 Å². The monoisotopic (exact) mass is 295 g/mol. The maximum Gasteiger partial charge on any atom is 0.310 e. The standard InChI is InChI=1S/C15H25N3O3/c1-5-6-15(13(19)20)7-8-18(10-15)9-11-16-17-12(21-11)14(2,3)4/h5-10H2,1-4H3,(H,19,20). The van der Waals surface area contributed by atoms with Crippen molar-refractivity contribution in [2.75, 3.05) is 13.1 Å². The van der Waals surface area contributed by atoms with Gasteiger partial charge in [0.25, 0.3) is 0 Å². The van der Waals surface area contributed by atoms with Crippen molar-refractivity contribution in [2.45, 2.75) is 58.9 Å². The molecular weight excluding hydrogens is 270 g/mol. The van der Waals surface area contributed by atoms with E-state index in [9.17, 15) is 9.90 Å². The maximum absolute atomic E-state index is 11.6. The number of likely N-dealkylation sites (tertiary alicyclic amines) is 1. The van der Waals surface area contributed by atoms with E-state index in [0.717, 1.165) is 19.4 Å². The summed E-state index contributed by atoms with van der Waals surface area (Å²) in [7, 11) is 0. The lowest BCUT2D eigenvalue weighted by molar-refractivity contribution is -0.148. The molecule has 1 aliphatic rings. The number of hydrogen-bond acceptors (Lipinski definition) is 5. The van der Waals surface area contributed by atoms with E-state index in [1.54, 1.807) is 0 Å². The first kappa shape index (κ1) is 15.9. The van der Waals surface area contributed by atoms with Crippen molar-refractivity contribution in [3.8, 4) is 0 Å². The van der Waals surface area contributed by atoms with Crippen molar-refractivity contribution < 1.29 is 14.3 Å². The summed E-state index contributed by atoms with van der Waals surface area (Å²) in [5.41, 5.74) is -0.773. The van der Waals surface area contributed by atoms with Gasteiger partial charge < -0.3 is 9.52 Å². The lowest BCUT2D eigenvalue weighted by Crippen LogP contribution is -2.34. The molecule has 118 valence electrons. The van der Waals surface area contributed by atoms with E-state index < -0.39 is 11.4 Å². The second-order valence-electron chi connectivity index (χ2n) is 7.05. The first-order valence-corrected chi connectivity index (χ1v) is 7.55. The van der Waals surface area contributed by atoms with E-state index in [-0.39, 0.29) is 5.41 Å². The van der Waals surface area contributed by atoms with E-state index in [4.69, 9.17) is 4.42 Å². The molecule has 1 unspecified atom stereocenters. The molecule has 1 aliphatic heterocycles. The van der Waals surface area contributed by atoms with Crippen LogP contribution in [0, 0.1) is 5.41 Å². The summed E-state index contributed by atoms with van der Waals surface area (Å²) < 4.78 is 5.69. The molecule has 6 nitrogen and oxygen atoms in total. The van der Waals surface area contributed by atoms with Crippen LogP contribution < -0.4 is 0 Å². The molecule has 2 heterocycles. The third kappa shape index (κ3) is 3.43. The summed E-state index contributed by atoms with van der Waals surface area (Å²) in [6.07, 6.45) is 2.29. The van der Waals surface area contributed by atoms with Crippen molar-refractivity contribution in [2.24, 2.45) is 5.41 Å². The predicted molar refractivity (Wildman–Crippen MR) is 77.9 cm³/mol. The van der Waals surface area contributed by atoms with Gasteiger partial charge in [0.15, 0.2) is 0 Å². The summed E-state index contributed by atoms with van der Waals surface area (Å²) in [5, 5.41) is 17.7. The lowest BCUT2D eigenvalue weighted by Gasteiger charge is -2.23. The van der Waals surface area contributed by atoms with Gasteiger partial charge in [-0.1, -0.05) is 34.1 Å². The second kappa shape index (κ2) is 5.75. The molecule has 1 N–H and O–H groups in total. The minimum absolute atomic E-state index is 0.163. The molecule has 0 saturated carbocycles. The fraction of sp³-hybridized carbons (Fsp3) is 0.800. The Morgan fingerprint density at radius 2 is 2.14 bits per heavy atom. The van der Waals surface area contributed by atoms with Crippen LogP contribution >= 0.6 is 0 Å². The van der Waals surface area contributed by atoms with Gasteiger partial charge in [0.2, 0.25) is 11.8 Å². The summed E-state index contributed by atoms with van der Waals surface area (Å²) in [4.78, 5) is 13.7. The number of carboxylic acid groups (broad SMARTS) is 1. The van der Waals surface area contributed by atoms with Crippen molar-refractivity contribution in [3.63, 3.8) is 0 Å². The van der Waals surface area contributed by atoms with Gasteiger partial charge in [-0.3, -0.25) is 9.69 Å². The fourth-order valence-corrected chi connectivity index (χ4v) is 2.87. The number of hydrogen-bond donors (Lipinski definition) is 1. The fourth-order valence-electron chi connectivity index (χ4n) is 2.87. The summed E-state index contributed by atoms with van der Waals surface area (Å²) in [6, 6.07) is 0. The van der Waals surface area contributed by atoms with E-state index in [1.165, 1.54) is 0 Å². The minimum atomic E-state index is -0.687. The number of nitrogens with zero attached hydrogens (tertiary/aromatic N) is 3. The zero-order chi connectivity index (χ0) is 15.7. The van der Waals surface area contributed by atoms with Crippen molar-refractivity contribution in [3.05, 3.63) is 11.8 Å². The highest BCUT2D eigenvalue weighted by molar-refractivity contribution is 5.75. The van der Waals surface area contributed by atoms with Gasteiger partial charge in [-0.2, -0.15) is 0 Å². The van der Waals surface area contributed by atoms with Gasteiger partial charge in [-0.15, -0.1) is 10.2 Å². The van der Waals surface area contributed by atoms with Crippen LogP contribution in [0.25, 0.3) is 0 Å². The Bertz CT molecular complexity index is 507. The van der Waals surface area contributed by atoms with E-state index in [0.29, 0.717) is 31.3 Å². The zero-order valence-corrected chi connectivity index (χ0v) is 13.3. The van der Waals surface area contributed by atoms with Crippen LogP contribution in [0.15, 0.2) is 4.42 Å². The molecule has 1 aromatic heterocycles. The van der Waals surface area contributed by atoms with Crippen LogP contribution in [0.2, 0.25) is 0 Å². The number of carbonyl (C=O) groups is 1. The molecule has 1 fully saturated rings.